The first-order valence-corrected chi connectivity index (χ1v) is 27.3. The molecule has 0 radical (unpaired) electrons. The maximum atomic E-state index is 12.5. The molecule has 0 aliphatic carbocycles. The van der Waals surface area contributed by atoms with Gasteiger partial charge in [-0.25, -0.2) is 0 Å². The van der Waals surface area contributed by atoms with Crippen LogP contribution in [0.1, 0.15) is 284 Å². The van der Waals surface area contributed by atoms with Gasteiger partial charge < -0.3 is 20.3 Å². The van der Waals surface area contributed by atoms with Gasteiger partial charge in [-0.3, -0.25) is 9.59 Å². The van der Waals surface area contributed by atoms with Crippen LogP contribution in [0.5, 0.6) is 0 Å². The second-order valence-corrected chi connectivity index (χ2v) is 18.6. The number of hydrogen-bond acceptors (Lipinski definition) is 5. The third kappa shape index (κ3) is 47.6. The highest BCUT2D eigenvalue weighted by Crippen LogP contribution is 2.16. The molecule has 2 atom stereocenters. The van der Waals surface area contributed by atoms with Crippen molar-refractivity contribution in [2.24, 2.45) is 0 Å². The van der Waals surface area contributed by atoms with Crippen LogP contribution in [0.15, 0.2) is 36.5 Å². The van der Waals surface area contributed by atoms with Crippen molar-refractivity contribution in [3.05, 3.63) is 36.5 Å². The van der Waals surface area contributed by atoms with E-state index in [0.717, 1.165) is 70.6 Å². The number of unbranched alkanes of at least 4 members (excludes halogenated alkanes) is 35. The van der Waals surface area contributed by atoms with Gasteiger partial charge in [-0.05, 0) is 64.2 Å². The molecule has 0 fully saturated rings. The van der Waals surface area contributed by atoms with E-state index in [1.165, 1.54) is 186 Å². The van der Waals surface area contributed by atoms with Crippen molar-refractivity contribution in [1.82, 2.24) is 5.32 Å². The minimum absolute atomic E-state index is 0.0289. The molecule has 6 nitrogen and oxygen atoms in total. The average molecular weight is 872 g/mol. The molecule has 0 saturated heterocycles. The Kier molecular flexibility index (Phi) is 50.1. The van der Waals surface area contributed by atoms with Crippen LogP contribution in [0.25, 0.3) is 0 Å². The van der Waals surface area contributed by atoms with Gasteiger partial charge in [0.2, 0.25) is 5.91 Å². The molecule has 364 valence electrons. The van der Waals surface area contributed by atoms with Crippen molar-refractivity contribution in [3.63, 3.8) is 0 Å². The second kappa shape index (κ2) is 51.7. The van der Waals surface area contributed by atoms with Gasteiger partial charge in [0.05, 0.1) is 25.4 Å². The number of esters is 1. The minimum Gasteiger partial charge on any atom is -0.466 e. The minimum atomic E-state index is -0.858. The number of aliphatic hydroxyl groups is 2. The summed E-state index contributed by atoms with van der Waals surface area (Å²) in [6.07, 6.45) is 62.9. The number of hydrogen-bond donors (Lipinski definition) is 3. The molecule has 0 aromatic rings. The first-order chi connectivity index (χ1) is 30.5. The van der Waals surface area contributed by atoms with E-state index in [0.29, 0.717) is 19.4 Å². The van der Waals surface area contributed by atoms with Crippen LogP contribution in [0.4, 0.5) is 0 Å². The number of nitrogens with one attached hydrogen (secondary N) is 1. The fourth-order valence-corrected chi connectivity index (χ4v) is 8.19. The molecule has 0 aliphatic heterocycles. The molecular formula is C56H105NO5. The summed E-state index contributed by atoms with van der Waals surface area (Å²) in [5.74, 6) is -0.116. The molecule has 0 aromatic heterocycles. The van der Waals surface area contributed by atoms with Crippen LogP contribution in [0.3, 0.4) is 0 Å². The fraction of sp³-hybridized carbons (Fsp3) is 0.857. The highest BCUT2D eigenvalue weighted by atomic mass is 16.5. The summed E-state index contributed by atoms with van der Waals surface area (Å²) in [6, 6.07) is -0.643. The van der Waals surface area contributed by atoms with Crippen molar-refractivity contribution in [3.8, 4) is 0 Å². The predicted molar refractivity (Wildman–Crippen MR) is 269 cm³/mol. The predicted octanol–water partition coefficient (Wildman–Crippen LogP) is 16.5. The highest BCUT2D eigenvalue weighted by Gasteiger charge is 2.18. The van der Waals surface area contributed by atoms with Crippen molar-refractivity contribution in [2.75, 3.05) is 13.2 Å². The van der Waals surface area contributed by atoms with Gasteiger partial charge in [0, 0.05) is 12.8 Å². The SMILES string of the molecule is CCCCCC/C=C\C/C=C\CCCCCCCC(=O)OCCCCCCCCCCCCCC(=O)NC(CO)C(O)/C=C/CCCCCCCCCCCCCCCCCC. The Bertz CT molecular complexity index is 1010. The van der Waals surface area contributed by atoms with Crippen LogP contribution in [-0.4, -0.2) is 47.4 Å². The average Bonchev–Trinajstić information content (AvgIpc) is 3.27. The van der Waals surface area contributed by atoms with E-state index in [2.05, 4.69) is 43.5 Å². The Morgan fingerprint density at radius 1 is 0.452 bits per heavy atom. The zero-order chi connectivity index (χ0) is 45.1. The number of aliphatic hydroxyl groups excluding tert-OH is 2. The van der Waals surface area contributed by atoms with Crippen LogP contribution < -0.4 is 5.32 Å². The zero-order valence-electron chi connectivity index (χ0n) is 41.4. The van der Waals surface area contributed by atoms with Gasteiger partial charge in [-0.1, -0.05) is 243 Å². The van der Waals surface area contributed by atoms with E-state index in [1.54, 1.807) is 6.08 Å². The van der Waals surface area contributed by atoms with E-state index < -0.39 is 12.1 Å². The molecule has 2 unspecified atom stereocenters. The van der Waals surface area contributed by atoms with Gasteiger partial charge in [-0.2, -0.15) is 0 Å². The maximum Gasteiger partial charge on any atom is 0.305 e. The van der Waals surface area contributed by atoms with Crippen molar-refractivity contribution < 1.29 is 24.5 Å². The number of ether oxygens (including phenoxy) is 1. The molecule has 3 N–H and O–H groups in total. The highest BCUT2D eigenvalue weighted by molar-refractivity contribution is 5.76. The van der Waals surface area contributed by atoms with Gasteiger partial charge in [0.1, 0.15) is 0 Å². The van der Waals surface area contributed by atoms with Gasteiger partial charge >= 0.3 is 5.97 Å². The summed E-state index contributed by atoms with van der Waals surface area (Å²) in [5, 5.41) is 23.1. The van der Waals surface area contributed by atoms with E-state index in [1.807, 2.05) is 6.08 Å². The van der Waals surface area contributed by atoms with E-state index >= 15 is 0 Å². The number of carbonyl (C=O) groups excluding carboxylic acids is 2. The molecule has 6 heteroatoms. The number of allylic oxidation sites excluding steroid dienone is 5. The van der Waals surface area contributed by atoms with Crippen LogP contribution in [0.2, 0.25) is 0 Å². The van der Waals surface area contributed by atoms with Gasteiger partial charge in [-0.15, -0.1) is 0 Å². The Balaban J connectivity index is 3.52. The van der Waals surface area contributed by atoms with Crippen molar-refractivity contribution in [2.45, 2.75) is 296 Å². The molecule has 0 spiro atoms. The van der Waals surface area contributed by atoms with Gasteiger partial charge in [0.25, 0.3) is 0 Å². The van der Waals surface area contributed by atoms with Crippen LogP contribution >= 0.6 is 0 Å². The lowest BCUT2D eigenvalue weighted by Crippen LogP contribution is -2.45. The van der Waals surface area contributed by atoms with Crippen molar-refractivity contribution in [1.29, 1.82) is 0 Å². The molecule has 0 bridgehead atoms. The van der Waals surface area contributed by atoms with Crippen molar-refractivity contribution >= 4 is 11.9 Å². The lowest BCUT2D eigenvalue weighted by molar-refractivity contribution is -0.143. The Morgan fingerprint density at radius 2 is 0.806 bits per heavy atom. The molecule has 62 heavy (non-hydrogen) atoms. The first-order valence-electron chi connectivity index (χ1n) is 27.3. The molecule has 0 aromatic carbocycles. The van der Waals surface area contributed by atoms with E-state index in [-0.39, 0.29) is 18.5 Å². The molecule has 1 amide bonds. The first kappa shape index (κ1) is 60.1. The molecular weight excluding hydrogens is 767 g/mol. The van der Waals surface area contributed by atoms with E-state index in [4.69, 9.17) is 4.74 Å². The Hall–Kier alpha value is -1.92. The zero-order valence-corrected chi connectivity index (χ0v) is 41.4. The third-order valence-corrected chi connectivity index (χ3v) is 12.4. The summed E-state index contributed by atoms with van der Waals surface area (Å²) < 4.78 is 5.46. The standard InChI is InChI=1S/C56H105NO5/c1-3-5-7-9-11-13-15-17-19-21-22-23-25-28-32-36-40-44-48-54(59)53(52-58)57-55(60)49-45-41-37-33-29-27-31-35-39-43-47-51-62-56(61)50-46-42-38-34-30-26-24-20-18-16-14-12-10-8-6-4-2/h14,16,20,24,44,48,53-54,58-59H,3-13,15,17-19,21-23,25-43,45-47,49-52H2,1-2H3,(H,57,60)/b16-14-,24-20-,48-44+. The molecule has 0 saturated carbocycles. The Morgan fingerprint density at radius 3 is 1.24 bits per heavy atom. The monoisotopic (exact) mass is 872 g/mol. The summed E-state index contributed by atoms with van der Waals surface area (Å²) in [6.45, 7) is 4.84. The lowest BCUT2D eigenvalue weighted by atomic mass is 10.0. The summed E-state index contributed by atoms with van der Waals surface area (Å²) in [4.78, 5) is 24.5. The normalized spacial score (nSPS) is 12.9. The van der Waals surface area contributed by atoms with Gasteiger partial charge in [0.15, 0.2) is 0 Å². The summed E-state index contributed by atoms with van der Waals surface area (Å²) in [5.41, 5.74) is 0. The maximum absolute atomic E-state index is 12.5. The second-order valence-electron chi connectivity index (χ2n) is 18.6. The molecule has 0 heterocycles. The summed E-state index contributed by atoms with van der Waals surface area (Å²) in [7, 11) is 0. The smallest absolute Gasteiger partial charge is 0.305 e. The fourth-order valence-electron chi connectivity index (χ4n) is 8.19. The summed E-state index contributed by atoms with van der Waals surface area (Å²) >= 11 is 0. The van der Waals surface area contributed by atoms with E-state index in [9.17, 15) is 19.8 Å². The number of amides is 1. The molecule has 0 rings (SSSR count). The quantitative estimate of drug-likeness (QED) is 0.0321. The topological polar surface area (TPSA) is 95.9 Å². The molecule has 0 aliphatic rings. The van der Waals surface area contributed by atoms with Crippen LogP contribution in [0, 0.1) is 0 Å². The largest absolute Gasteiger partial charge is 0.466 e. The lowest BCUT2D eigenvalue weighted by Gasteiger charge is -2.20. The number of carbonyl (C=O) groups is 2. The van der Waals surface area contributed by atoms with Crippen LogP contribution in [-0.2, 0) is 14.3 Å². The Labute approximate surface area is 385 Å². The third-order valence-electron chi connectivity index (χ3n) is 12.4. The number of rotatable bonds is 50.